The van der Waals surface area contributed by atoms with Crippen molar-refractivity contribution in [3.05, 3.63) is 29.8 Å². The van der Waals surface area contributed by atoms with Crippen LogP contribution in [0.25, 0.3) is 0 Å². The van der Waals surface area contributed by atoms with Crippen LogP contribution in [0.15, 0.2) is 29.2 Å². The third-order valence-electron chi connectivity index (χ3n) is 3.06. The molecule has 1 aliphatic heterocycles. The van der Waals surface area contributed by atoms with Crippen LogP contribution in [0.4, 0.5) is 0 Å². The van der Waals surface area contributed by atoms with Crippen molar-refractivity contribution in [1.82, 2.24) is 10.2 Å². The number of rotatable bonds is 2. The molecule has 0 bridgehead atoms. The average molecular weight is 278 g/mol. The van der Waals surface area contributed by atoms with Gasteiger partial charge in [-0.2, -0.15) is 0 Å². The van der Waals surface area contributed by atoms with Gasteiger partial charge < -0.3 is 5.32 Å². The number of imide groups is 1. The first-order valence-corrected chi connectivity index (χ1v) is 6.34. The van der Waals surface area contributed by atoms with E-state index in [1.807, 2.05) is 0 Å². The smallest absolute Gasteiger partial charge is 0.251 e. The third kappa shape index (κ3) is 2.96. The van der Waals surface area contributed by atoms with Crippen LogP contribution in [0.5, 0.6) is 0 Å². The lowest BCUT2D eigenvalue weighted by molar-refractivity contribution is -0.147. The molecule has 1 heterocycles. The molecule has 6 heteroatoms. The Bertz CT molecular complexity index is 544. The predicted octanol–water partition coefficient (Wildman–Crippen LogP) is 0.852. The molecule has 0 spiro atoms. The van der Waals surface area contributed by atoms with Gasteiger partial charge in [-0.1, -0.05) is 6.07 Å². The first-order chi connectivity index (χ1) is 8.99. The number of carbonyl (C=O) groups excluding carboxylic acids is 3. The van der Waals surface area contributed by atoms with Crippen molar-refractivity contribution in [2.75, 3.05) is 7.05 Å². The molecule has 1 saturated heterocycles. The Labute approximate surface area is 116 Å². The van der Waals surface area contributed by atoms with E-state index in [0.717, 1.165) is 4.90 Å². The molecule has 100 valence electrons. The molecular formula is C13H14N2O3S. The molecule has 19 heavy (non-hydrogen) atoms. The SMILES string of the molecule is CN1C(=O)CCC(NC(=O)c2cccc(S)c2)C1=O. The fourth-order valence-electron chi connectivity index (χ4n) is 1.94. The molecule has 0 aromatic heterocycles. The number of piperidine rings is 1. The van der Waals surface area contributed by atoms with Crippen LogP contribution in [-0.4, -0.2) is 35.7 Å². The molecular weight excluding hydrogens is 264 g/mol. The monoisotopic (exact) mass is 278 g/mol. The van der Waals surface area contributed by atoms with Crippen molar-refractivity contribution in [3.8, 4) is 0 Å². The molecule has 0 saturated carbocycles. The van der Waals surface area contributed by atoms with Crippen LogP contribution >= 0.6 is 12.6 Å². The molecule has 1 N–H and O–H groups in total. The Morgan fingerprint density at radius 3 is 2.84 bits per heavy atom. The summed E-state index contributed by atoms with van der Waals surface area (Å²) in [5, 5.41) is 2.65. The quantitative estimate of drug-likeness (QED) is 0.622. The van der Waals surface area contributed by atoms with Crippen LogP contribution in [0.1, 0.15) is 23.2 Å². The zero-order chi connectivity index (χ0) is 14.0. The average Bonchev–Trinajstić information content (AvgIpc) is 2.39. The van der Waals surface area contributed by atoms with Gasteiger partial charge in [0.2, 0.25) is 5.91 Å². The number of hydrogen-bond donors (Lipinski definition) is 2. The van der Waals surface area contributed by atoms with Gasteiger partial charge in [0.05, 0.1) is 0 Å². The van der Waals surface area contributed by atoms with E-state index in [9.17, 15) is 14.4 Å². The Morgan fingerprint density at radius 1 is 1.42 bits per heavy atom. The highest BCUT2D eigenvalue weighted by atomic mass is 32.1. The van der Waals surface area contributed by atoms with Crippen molar-refractivity contribution in [3.63, 3.8) is 0 Å². The van der Waals surface area contributed by atoms with Gasteiger partial charge in [-0.15, -0.1) is 12.6 Å². The number of hydrogen-bond acceptors (Lipinski definition) is 4. The van der Waals surface area contributed by atoms with Gasteiger partial charge in [0, 0.05) is 23.9 Å². The minimum Gasteiger partial charge on any atom is -0.340 e. The number of likely N-dealkylation sites (tertiary alicyclic amines) is 1. The minimum atomic E-state index is -0.640. The molecule has 1 aliphatic rings. The lowest BCUT2D eigenvalue weighted by Crippen LogP contribution is -2.52. The Morgan fingerprint density at radius 2 is 2.16 bits per heavy atom. The fraction of sp³-hybridized carbons (Fsp3) is 0.308. The summed E-state index contributed by atoms with van der Waals surface area (Å²) in [6.45, 7) is 0. The van der Waals surface area contributed by atoms with Gasteiger partial charge in [0.1, 0.15) is 6.04 Å². The van der Waals surface area contributed by atoms with E-state index < -0.39 is 6.04 Å². The molecule has 0 aliphatic carbocycles. The highest BCUT2D eigenvalue weighted by Gasteiger charge is 2.32. The standard InChI is InChI=1S/C13H14N2O3S/c1-15-11(16)6-5-10(13(15)18)14-12(17)8-3-2-4-9(19)7-8/h2-4,7,10,19H,5-6H2,1H3,(H,14,17). The molecule has 3 amide bonds. The van der Waals surface area contributed by atoms with Gasteiger partial charge in [-0.25, -0.2) is 0 Å². The van der Waals surface area contributed by atoms with E-state index >= 15 is 0 Å². The summed E-state index contributed by atoms with van der Waals surface area (Å²) in [6, 6.07) is 6.12. The number of likely N-dealkylation sites (N-methyl/N-ethyl adjacent to an activating group) is 1. The van der Waals surface area contributed by atoms with Crippen LogP contribution in [0.2, 0.25) is 0 Å². The molecule has 1 aromatic carbocycles. The zero-order valence-corrected chi connectivity index (χ0v) is 11.3. The van der Waals surface area contributed by atoms with Crippen molar-refractivity contribution in [2.24, 2.45) is 0 Å². The second kappa shape index (κ2) is 5.44. The second-order valence-corrected chi connectivity index (χ2v) is 4.92. The van der Waals surface area contributed by atoms with Gasteiger partial charge in [-0.05, 0) is 24.6 Å². The molecule has 5 nitrogen and oxygen atoms in total. The van der Waals surface area contributed by atoms with E-state index in [4.69, 9.17) is 0 Å². The number of thiol groups is 1. The summed E-state index contributed by atoms with van der Waals surface area (Å²) >= 11 is 4.16. The number of nitrogens with zero attached hydrogens (tertiary/aromatic N) is 1. The van der Waals surface area contributed by atoms with Crippen molar-refractivity contribution >= 4 is 30.4 Å². The number of benzene rings is 1. The molecule has 2 rings (SSSR count). The van der Waals surface area contributed by atoms with Crippen molar-refractivity contribution in [2.45, 2.75) is 23.8 Å². The summed E-state index contributed by atoms with van der Waals surface area (Å²) in [7, 11) is 1.43. The molecule has 0 radical (unpaired) electrons. The maximum atomic E-state index is 12.0. The number of carbonyl (C=O) groups is 3. The van der Waals surface area contributed by atoms with Crippen LogP contribution in [-0.2, 0) is 9.59 Å². The number of nitrogens with one attached hydrogen (secondary N) is 1. The topological polar surface area (TPSA) is 66.5 Å². The minimum absolute atomic E-state index is 0.215. The van der Waals surface area contributed by atoms with Crippen LogP contribution in [0.3, 0.4) is 0 Å². The summed E-state index contributed by atoms with van der Waals surface area (Å²) in [4.78, 5) is 36.9. The first-order valence-electron chi connectivity index (χ1n) is 5.89. The maximum absolute atomic E-state index is 12.0. The van der Waals surface area contributed by atoms with E-state index in [1.165, 1.54) is 7.05 Å². The van der Waals surface area contributed by atoms with E-state index in [2.05, 4.69) is 17.9 Å². The maximum Gasteiger partial charge on any atom is 0.251 e. The summed E-state index contributed by atoms with van der Waals surface area (Å²) in [5.74, 6) is -0.920. The molecule has 1 atom stereocenters. The van der Waals surface area contributed by atoms with Crippen LogP contribution < -0.4 is 5.32 Å². The third-order valence-corrected chi connectivity index (χ3v) is 3.34. The van der Waals surface area contributed by atoms with Gasteiger partial charge in [0.25, 0.3) is 11.8 Å². The second-order valence-electron chi connectivity index (χ2n) is 4.41. The molecule has 1 unspecified atom stereocenters. The van der Waals surface area contributed by atoms with Gasteiger partial charge in [0.15, 0.2) is 0 Å². The van der Waals surface area contributed by atoms with E-state index in [1.54, 1.807) is 24.3 Å². The predicted molar refractivity (Wildman–Crippen MR) is 72.0 cm³/mol. The summed E-state index contributed by atoms with van der Waals surface area (Å²) < 4.78 is 0. The summed E-state index contributed by atoms with van der Waals surface area (Å²) in [5.41, 5.74) is 0.444. The molecule has 1 aromatic rings. The van der Waals surface area contributed by atoms with Crippen molar-refractivity contribution in [1.29, 1.82) is 0 Å². The molecule has 1 fully saturated rings. The highest BCUT2D eigenvalue weighted by Crippen LogP contribution is 2.13. The van der Waals surface area contributed by atoms with Gasteiger partial charge >= 0.3 is 0 Å². The Hall–Kier alpha value is -1.82. The van der Waals surface area contributed by atoms with E-state index in [-0.39, 0.29) is 24.1 Å². The number of amides is 3. The highest BCUT2D eigenvalue weighted by molar-refractivity contribution is 7.80. The Balaban J connectivity index is 2.07. The lowest BCUT2D eigenvalue weighted by Gasteiger charge is -2.28. The normalized spacial score (nSPS) is 19.5. The largest absolute Gasteiger partial charge is 0.340 e. The fourth-order valence-corrected chi connectivity index (χ4v) is 2.16. The Kier molecular flexibility index (Phi) is 3.90. The van der Waals surface area contributed by atoms with E-state index in [0.29, 0.717) is 16.9 Å². The lowest BCUT2D eigenvalue weighted by atomic mass is 10.0. The first kappa shape index (κ1) is 13.6. The van der Waals surface area contributed by atoms with Gasteiger partial charge in [-0.3, -0.25) is 19.3 Å². The van der Waals surface area contributed by atoms with Crippen LogP contribution in [0, 0.1) is 0 Å². The van der Waals surface area contributed by atoms with Crippen molar-refractivity contribution < 1.29 is 14.4 Å². The zero-order valence-electron chi connectivity index (χ0n) is 10.4. The summed E-state index contributed by atoms with van der Waals surface area (Å²) in [6.07, 6.45) is 0.605.